The molecule has 2 saturated heterocycles. The molecule has 2 bridgehead atoms. The van der Waals surface area contributed by atoms with Gasteiger partial charge in [-0.3, -0.25) is 14.7 Å². The summed E-state index contributed by atoms with van der Waals surface area (Å²) in [5, 5.41) is 3.42. The fourth-order valence-corrected chi connectivity index (χ4v) is 4.04. The summed E-state index contributed by atoms with van der Waals surface area (Å²) in [5.74, 6) is -0.195. The van der Waals surface area contributed by atoms with Crippen molar-refractivity contribution in [3.8, 4) is 0 Å². The SMILES string of the molecule is COC(CNCc1cccnc1)CN1C2C[CH]CC1(C(N)=O)CC2. The molecule has 3 rings (SSSR count). The van der Waals surface area contributed by atoms with Crippen LogP contribution in [0.4, 0.5) is 0 Å². The summed E-state index contributed by atoms with van der Waals surface area (Å²) in [5.41, 5.74) is 6.41. The van der Waals surface area contributed by atoms with E-state index < -0.39 is 5.54 Å². The summed E-state index contributed by atoms with van der Waals surface area (Å²) >= 11 is 0. The fourth-order valence-electron chi connectivity index (χ4n) is 4.04. The number of carbonyl (C=O) groups is 1. The van der Waals surface area contributed by atoms with E-state index in [1.807, 2.05) is 18.3 Å². The van der Waals surface area contributed by atoms with Gasteiger partial charge in [-0.05, 0) is 43.7 Å². The first-order valence-corrected chi connectivity index (χ1v) is 8.66. The van der Waals surface area contributed by atoms with Crippen LogP contribution in [0.1, 0.15) is 31.2 Å². The topological polar surface area (TPSA) is 80.5 Å². The second-order valence-corrected chi connectivity index (χ2v) is 6.82. The Kier molecular flexibility index (Phi) is 5.48. The number of ether oxygens (including phenoxy) is 1. The molecule has 0 aromatic carbocycles. The van der Waals surface area contributed by atoms with Crippen molar-refractivity contribution in [2.75, 3.05) is 20.2 Å². The Morgan fingerprint density at radius 2 is 2.50 bits per heavy atom. The van der Waals surface area contributed by atoms with E-state index in [2.05, 4.69) is 21.6 Å². The molecule has 0 spiro atoms. The van der Waals surface area contributed by atoms with E-state index >= 15 is 0 Å². The Hall–Kier alpha value is -1.50. The van der Waals surface area contributed by atoms with E-state index in [0.717, 1.165) is 50.9 Å². The van der Waals surface area contributed by atoms with Gasteiger partial charge >= 0.3 is 0 Å². The van der Waals surface area contributed by atoms with Gasteiger partial charge < -0.3 is 15.8 Å². The van der Waals surface area contributed by atoms with Gasteiger partial charge in [0.25, 0.3) is 0 Å². The molecule has 0 aliphatic carbocycles. The molecule has 2 aliphatic rings. The third-order valence-corrected chi connectivity index (χ3v) is 5.42. The van der Waals surface area contributed by atoms with Gasteiger partial charge in [0.05, 0.1) is 6.10 Å². The number of nitrogens with two attached hydrogens (primary N) is 1. The van der Waals surface area contributed by atoms with Crippen LogP contribution in [0.25, 0.3) is 0 Å². The summed E-state index contributed by atoms with van der Waals surface area (Å²) in [6.07, 6.45) is 9.58. The van der Waals surface area contributed by atoms with Crippen LogP contribution < -0.4 is 11.1 Å². The van der Waals surface area contributed by atoms with Gasteiger partial charge in [-0.25, -0.2) is 0 Å². The van der Waals surface area contributed by atoms with Crippen molar-refractivity contribution in [1.82, 2.24) is 15.2 Å². The summed E-state index contributed by atoms with van der Waals surface area (Å²) in [4.78, 5) is 18.5. The van der Waals surface area contributed by atoms with Crippen LogP contribution in [0.3, 0.4) is 0 Å². The fraction of sp³-hybridized carbons (Fsp3) is 0.611. The van der Waals surface area contributed by atoms with E-state index in [-0.39, 0.29) is 12.0 Å². The molecule has 0 saturated carbocycles. The summed E-state index contributed by atoms with van der Waals surface area (Å²) in [6.45, 7) is 2.22. The van der Waals surface area contributed by atoms with Crippen molar-refractivity contribution >= 4 is 5.91 Å². The van der Waals surface area contributed by atoms with Crippen LogP contribution in [0.5, 0.6) is 0 Å². The molecular formula is C18H27N4O2. The van der Waals surface area contributed by atoms with Gasteiger partial charge in [0.2, 0.25) is 5.91 Å². The van der Waals surface area contributed by atoms with E-state index in [0.29, 0.717) is 6.04 Å². The second-order valence-electron chi connectivity index (χ2n) is 6.82. The number of amides is 1. The monoisotopic (exact) mass is 331 g/mol. The number of hydrogen-bond acceptors (Lipinski definition) is 5. The van der Waals surface area contributed by atoms with Gasteiger partial charge in [-0.2, -0.15) is 0 Å². The van der Waals surface area contributed by atoms with Gasteiger partial charge in [0.15, 0.2) is 0 Å². The first-order chi connectivity index (χ1) is 11.7. The van der Waals surface area contributed by atoms with Crippen molar-refractivity contribution in [3.05, 3.63) is 36.5 Å². The summed E-state index contributed by atoms with van der Waals surface area (Å²) in [6, 6.07) is 4.40. The third kappa shape index (κ3) is 3.45. The van der Waals surface area contributed by atoms with Crippen molar-refractivity contribution in [2.45, 2.75) is 49.9 Å². The average molecular weight is 331 g/mol. The standard InChI is InChI=1S/C18H27N4O2/c1-24-16(12-21-11-14-4-3-9-20-10-14)13-22-15-5-2-7-18(22,8-6-15)17(19)23/h2-4,9-10,15-16,21H,5-8,11-13H2,1H3,(H2,19,23). The van der Waals surface area contributed by atoms with Crippen LogP contribution in [0.2, 0.25) is 0 Å². The number of aromatic nitrogens is 1. The molecule has 1 aromatic heterocycles. The van der Waals surface area contributed by atoms with Crippen molar-refractivity contribution < 1.29 is 9.53 Å². The van der Waals surface area contributed by atoms with Crippen LogP contribution >= 0.6 is 0 Å². The molecule has 24 heavy (non-hydrogen) atoms. The Morgan fingerprint density at radius 3 is 3.21 bits per heavy atom. The Morgan fingerprint density at radius 1 is 1.62 bits per heavy atom. The zero-order valence-electron chi connectivity index (χ0n) is 14.3. The lowest BCUT2D eigenvalue weighted by molar-refractivity contribution is -0.131. The highest BCUT2D eigenvalue weighted by Gasteiger charge is 2.52. The minimum Gasteiger partial charge on any atom is -0.379 e. The molecule has 6 nitrogen and oxygen atoms in total. The van der Waals surface area contributed by atoms with Crippen LogP contribution in [0, 0.1) is 6.42 Å². The Labute approximate surface area is 143 Å². The van der Waals surface area contributed by atoms with Crippen molar-refractivity contribution in [2.24, 2.45) is 5.73 Å². The number of hydrogen-bond donors (Lipinski definition) is 2. The maximum absolute atomic E-state index is 12.1. The highest BCUT2D eigenvalue weighted by atomic mass is 16.5. The van der Waals surface area contributed by atoms with Gasteiger partial charge in [-0.15, -0.1) is 0 Å². The molecular weight excluding hydrogens is 304 g/mol. The zero-order valence-corrected chi connectivity index (χ0v) is 14.3. The average Bonchev–Trinajstić information content (AvgIpc) is 2.80. The number of rotatable bonds is 8. The molecule has 2 fully saturated rings. The van der Waals surface area contributed by atoms with E-state index in [1.54, 1.807) is 13.3 Å². The summed E-state index contributed by atoms with van der Waals surface area (Å²) < 4.78 is 5.66. The lowest BCUT2D eigenvalue weighted by atomic mass is 9.87. The molecule has 3 unspecified atom stereocenters. The molecule has 2 aliphatic heterocycles. The molecule has 3 atom stereocenters. The largest absolute Gasteiger partial charge is 0.379 e. The van der Waals surface area contributed by atoms with Crippen molar-refractivity contribution in [3.63, 3.8) is 0 Å². The molecule has 1 aromatic rings. The zero-order chi connectivity index (χ0) is 17.0. The number of piperidine rings is 1. The number of pyridine rings is 1. The predicted molar refractivity (Wildman–Crippen MR) is 91.9 cm³/mol. The lowest BCUT2D eigenvalue weighted by Gasteiger charge is -2.43. The first-order valence-electron chi connectivity index (χ1n) is 8.66. The third-order valence-electron chi connectivity index (χ3n) is 5.42. The van der Waals surface area contributed by atoms with E-state index in [4.69, 9.17) is 10.5 Å². The number of methoxy groups -OCH3 is 1. The quantitative estimate of drug-likeness (QED) is 0.739. The van der Waals surface area contributed by atoms with Gasteiger partial charge in [0, 0.05) is 45.2 Å². The van der Waals surface area contributed by atoms with Gasteiger partial charge in [0.1, 0.15) is 5.54 Å². The first kappa shape index (κ1) is 17.3. The van der Waals surface area contributed by atoms with Crippen molar-refractivity contribution in [1.29, 1.82) is 0 Å². The lowest BCUT2D eigenvalue weighted by Crippen LogP contribution is -2.60. The Bertz CT molecular complexity index is 549. The van der Waals surface area contributed by atoms with Crippen LogP contribution in [0.15, 0.2) is 24.5 Å². The maximum atomic E-state index is 12.1. The van der Waals surface area contributed by atoms with Crippen LogP contribution in [-0.4, -0.2) is 53.7 Å². The minimum absolute atomic E-state index is 0.0269. The maximum Gasteiger partial charge on any atom is 0.237 e. The Balaban J connectivity index is 1.57. The molecule has 3 heterocycles. The molecule has 1 amide bonds. The summed E-state index contributed by atoms with van der Waals surface area (Å²) in [7, 11) is 1.73. The van der Waals surface area contributed by atoms with Crippen LogP contribution in [-0.2, 0) is 16.1 Å². The van der Waals surface area contributed by atoms with Gasteiger partial charge in [-0.1, -0.05) is 6.07 Å². The number of carbonyl (C=O) groups excluding carboxylic acids is 1. The normalized spacial score (nSPS) is 28.0. The molecule has 6 heteroatoms. The second kappa shape index (κ2) is 7.59. The minimum atomic E-state index is -0.497. The van der Waals surface area contributed by atoms with E-state index in [9.17, 15) is 4.79 Å². The molecule has 1 radical (unpaired) electrons. The number of fused-ring (bicyclic) bond motifs is 2. The highest BCUT2D eigenvalue weighted by Crippen LogP contribution is 2.43. The smallest absolute Gasteiger partial charge is 0.237 e. The van der Waals surface area contributed by atoms with E-state index in [1.165, 1.54) is 0 Å². The predicted octanol–water partition coefficient (Wildman–Crippen LogP) is 0.873. The molecule has 131 valence electrons. The highest BCUT2D eigenvalue weighted by molar-refractivity contribution is 5.85. The number of nitrogens with zero attached hydrogens (tertiary/aromatic N) is 2. The number of nitrogens with one attached hydrogen (secondary N) is 1. The molecule has 3 N–H and O–H groups in total. The number of primary amides is 1.